The summed E-state index contributed by atoms with van der Waals surface area (Å²) in [4.78, 5) is 18.4. The predicted molar refractivity (Wildman–Crippen MR) is 120 cm³/mol. The first-order chi connectivity index (χ1) is 13.8. The molecule has 1 aromatic carbocycles. The van der Waals surface area contributed by atoms with Crippen LogP contribution in [0.4, 0.5) is 10.5 Å². The fourth-order valence-corrected chi connectivity index (χ4v) is 5.87. The Balaban J connectivity index is 1.89. The third-order valence-electron chi connectivity index (χ3n) is 4.96. The molecule has 1 heterocycles. The molecule has 7 heteroatoms. The third-order valence-corrected chi connectivity index (χ3v) is 7.78. The van der Waals surface area contributed by atoms with Crippen LogP contribution in [0.5, 0.6) is 0 Å². The topological polar surface area (TPSA) is 74.3 Å². The van der Waals surface area contributed by atoms with Gasteiger partial charge in [0.15, 0.2) is 4.90 Å². The van der Waals surface area contributed by atoms with Gasteiger partial charge in [-0.3, -0.25) is 5.32 Å². The van der Waals surface area contributed by atoms with Crippen LogP contribution in [0.25, 0.3) is 10.4 Å². The molecule has 1 aliphatic rings. The molecule has 5 nitrogen and oxygen atoms in total. The van der Waals surface area contributed by atoms with Gasteiger partial charge < -0.3 is 9.29 Å². The van der Waals surface area contributed by atoms with Gasteiger partial charge in [-0.05, 0) is 63.8 Å². The molecule has 29 heavy (non-hydrogen) atoms. The van der Waals surface area contributed by atoms with Gasteiger partial charge in [-0.15, -0.1) is 11.3 Å². The molecule has 0 spiro atoms. The number of carbonyl (C=O) groups is 1. The van der Waals surface area contributed by atoms with Gasteiger partial charge in [-0.25, -0.2) is 9.78 Å². The summed E-state index contributed by atoms with van der Waals surface area (Å²) in [6.45, 7) is 7.48. The summed E-state index contributed by atoms with van der Waals surface area (Å²) in [5, 5.41) is 3.89. The molecule has 3 rings (SSSR count). The van der Waals surface area contributed by atoms with Crippen molar-refractivity contribution in [3.63, 3.8) is 0 Å². The van der Waals surface area contributed by atoms with E-state index in [4.69, 9.17) is 9.72 Å². The zero-order valence-corrected chi connectivity index (χ0v) is 19.2. The molecule has 158 valence electrons. The Labute approximate surface area is 180 Å². The second-order valence-corrected chi connectivity index (χ2v) is 11.1. The van der Waals surface area contributed by atoms with Crippen molar-refractivity contribution < 1.29 is 14.1 Å². The molecule has 0 saturated heterocycles. The number of anilines is 1. The fraction of sp³-hybridized carbons (Fsp3) is 0.545. The number of amides is 1. The molecule has 1 fully saturated rings. The third kappa shape index (κ3) is 5.74. The molecule has 0 bridgehead atoms. The van der Waals surface area contributed by atoms with Crippen molar-refractivity contribution in [2.45, 2.75) is 82.0 Å². The maximum Gasteiger partial charge on any atom is 0.411 e. The molecule has 1 aromatic heterocycles. The standard InChI is InChI=1S/C22H30N2O3S2/c1-14(2)27-22(25)24-17-10-11-18(20(12-17)29(26)15(3)4)19-13-23-21(28-19)16-8-6-5-7-9-16/h10-16H,5-9H2,1-4H3,(H,24,25). The lowest BCUT2D eigenvalue weighted by atomic mass is 9.90. The first kappa shape index (κ1) is 22.1. The van der Waals surface area contributed by atoms with E-state index in [9.17, 15) is 9.35 Å². The van der Waals surface area contributed by atoms with E-state index < -0.39 is 17.3 Å². The van der Waals surface area contributed by atoms with Crippen molar-refractivity contribution in [2.75, 3.05) is 5.32 Å². The van der Waals surface area contributed by atoms with Gasteiger partial charge >= 0.3 is 6.09 Å². The fourth-order valence-electron chi connectivity index (χ4n) is 3.54. The van der Waals surface area contributed by atoms with Crippen LogP contribution in [-0.2, 0) is 15.9 Å². The minimum absolute atomic E-state index is 0.0302. The lowest BCUT2D eigenvalue weighted by Crippen LogP contribution is -2.19. The van der Waals surface area contributed by atoms with E-state index in [2.05, 4.69) is 5.32 Å². The van der Waals surface area contributed by atoms with Crippen molar-refractivity contribution in [3.8, 4) is 10.4 Å². The van der Waals surface area contributed by atoms with Gasteiger partial charge in [0, 0.05) is 29.4 Å². The summed E-state index contributed by atoms with van der Waals surface area (Å²) < 4.78 is 18.2. The van der Waals surface area contributed by atoms with E-state index >= 15 is 0 Å². The summed E-state index contributed by atoms with van der Waals surface area (Å²) >= 11 is 0.515. The monoisotopic (exact) mass is 434 g/mol. The van der Waals surface area contributed by atoms with Crippen LogP contribution in [0.1, 0.15) is 70.7 Å². The zero-order valence-electron chi connectivity index (χ0n) is 17.6. The van der Waals surface area contributed by atoms with E-state index in [1.165, 1.54) is 37.1 Å². The van der Waals surface area contributed by atoms with Crippen molar-refractivity contribution in [2.24, 2.45) is 0 Å². The van der Waals surface area contributed by atoms with Crippen molar-refractivity contribution in [1.29, 1.82) is 0 Å². The number of aromatic nitrogens is 1. The molecule has 2 aromatic rings. The van der Waals surface area contributed by atoms with Crippen LogP contribution in [0.2, 0.25) is 0 Å². The number of carbonyl (C=O) groups excluding carboxylic acids is 1. The van der Waals surface area contributed by atoms with Crippen LogP contribution in [0.3, 0.4) is 0 Å². The second-order valence-electron chi connectivity index (χ2n) is 8.03. The molecule has 0 radical (unpaired) electrons. The number of thiazole rings is 1. The van der Waals surface area contributed by atoms with E-state index in [1.54, 1.807) is 31.3 Å². The van der Waals surface area contributed by atoms with Gasteiger partial charge in [-0.2, -0.15) is 0 Å². The number of benzene rings is 1. The predicted octanol–water partition coefficient (Wildman–Crippen LogP) is 6.33. The minimum atomic E-state index is -1.19. The molecular formula is C22H30N2O3S2. The van der Waals surface area contributed by atoms with E-state index in [-0.39, 0.29) is 11.4 Å². The molecule has 1 unspecified atom stereocenters. The van der Waals surface area contributed by atoms with Gasteiger partial charge in [0.25, 0.3) is 0 Å². The number of ether oxygens (including phenoxy) is 1. The van der Waals surface area contributed by atoms with E-state index in [1.807, 2.05) is 32.2 Å². The van der Waals surface area contributed by atoms with Gasteiger partial charge in [0.1, 0.15) is 5.25 Å². The minimum Gasteiger partial charge on any atom is -0.611 e. The molecular weight excluding hydrogens is 404 g/mol. The highest BCUT2D eigenvalue weighted by Gasteiger charge is 2.25. The number of hydrogen-bond donors (Lipinski definition) is 1. The Hall–Kier alpha value is -1.57. The second kappa shape index (κ2) is 9.96. The highest BCUT2D eigenvalue weighted by atomic mass is 32.2. The van der Waals surface area contributed by atoms with Crippen LogP contribution in [-0.4, -0.2) is 27.0 Å². The van der Waals surface area contributed by atoms with Crippen LogP contribution in [0.15, 0.2) is 29.3 Å². The SMILES string of the molecule is CC(C)OC(=O)Nc1ccc(-c2cnc(C3CCCCC3)s2)c([S+]([O-])C(C)C)c1. The van der Waals surface area contributed by atoms with Crippen molar-refractivity contribution in [1.82, 2.24) is 4.98 Å². The molecule has 1 aliphatic carbocycles. The summed E-state index contributed by atoms with van der Waals surface area (Å²) in [6.07, 6.45) is 7.48. The van der Waals surface area contributed by atoms with Crippen LogP contribution in [0, 0.1) is 0 Å². The van der Waals surface area contributed by atoms with Crippen LogP contribution < -0.4 is 5.32 Å². The Kier molecular flexibility index (Phi) is 7.60. The first-order valence-corrected chi connectivity index (χ1v) is 12.4. The van der Waals surface area contributed by atoms with Crippen molar-refractivity contribution in [3.05, 3.63) is 29.4 Å². The lowest BCUT2D eigenvalue weighted by molar-refractivity contribution is 0.130. The van der Waals surface area contributed by atoms with Gasteiger partial charge in [0.05, 0.1) is 16.0 Å². The van der Waals surface area contributed by atoms with Gasteiger partial charge in [0.2, 0.25) is 0 Å². The zero-order chi connectivity index (χ0) is 21.0. The molecule has 0 aliphatic heterocycles. The Bertz CT molecular complexity index is 829. The molecule has 1 atom stereocenters. The summed E-state index contributed by atoms with van der Waals surface area (Å²) in [5.74, 6) is 0.549. The quantitative estimate of drug-likeness (QED) is 0.539. The number of rotatable bonds is 6. The Morgan fingerprint density at radius 2 is 1.97 bits per heavy atom. The maximum atomic E-state index is 13.0. The smallest absolute Gasteiger partial charge is 0.411 e. The maximum absolute atomic E-state index is 13.0. The molecule has 1 N–H and O–H groups in total. The number of hydrogen-bond acceptors (Lipinski definition) is 5. The average molecular weight is 435 g/mol. The first-order valence-electron chi connectivity index (χ1n) is 10.3. The number of nitrogens with zero attached hydrogens (tertiary/aromatic N) is 1. The van der Waals surface area contributed by atoms with E-state index in [0.29, 0.717) is 11.6 Å². The summed E-state index contributed by atoms with van der Waals surface area (Å²) in [7, 11) is 0. The van der Waals surface area contributed by atoms with Gasteiger partial charge in [-0.1, -0.05) is 19.3 Å². The molecule has 1 saturated carbocycles. The van der Waals surface area contributed by atoms with Crippen LogP contribution >= 0.6 is 11.3 Å². The highest BCUT2D eigenvalue weighted by molar-refractivity contribution is 7.92. The Morgan fingerprint density at radius 1 is 1.24 bits per heavy atom. The highest BCUT2D eigenvalue weighted by Crippen LogP contribution is 2.40. The normalized spacial score (nSPS) is 16.2. The summed E-state index contributed by atoms with van der Waals surface area (Å²) in [6, 6.07) is 5.56. The lowest BCUT2D eigenvalue weighted by Gasteiger charge is -2.19. The van der Waals surface area contributed by atoms with Crippen molar-refractivity contribution >= 4 is 34.3 Å². The number of nitrogens with one attached hydrogen (secondary N) is 1. The van der Waals surface area contributed by atoms with E-state index in [0.717, 1.165) is 15.3 Å². The average Bonchev–Trinajstić information content (AvgIpc) is 3.17. The largest absolute Gasteiger partial charge is 0.611 e. The Morgan fingerprint density at radius 3 is 2.62 bits per heavy atom. The molecule has 1 amide bonds. The summed E-state index contributed by atoms with van der Waals surface area (Å²) in [5.41, 5.74) is 1.51.